The third-order valence-corrected chi connectivity index (χ3v) is 5.37. The highest BCUT2D eigenvalue weighted by molar-refractivity contribution is 7.13. The zero-order valence-corrected chi connectivity index (χ0v) is 14.9. The number of benzene rings is 1. The van der Waals surface area contributed by atoms with Crippen LogP contribution in [0.4, 0.5) is 0 Å². The standard InChI is InChI=1S/C18H18N4O2S/c1-11-16(25-12(2)19-11)18(23)22-9-14(10-22)17-20-15(21-24-17)8-13-6-4-3-5-7-13/h3-7,14H,8-10H2,1-2H3. The lowest BCUT2D eigenvalue weighted by atomic mass is 10.00. The molecule has 0 atom stereocenters. The predicted molar refractivity (Wildman–Crippen MR) is 93.8 cm³/mol. The molecule has 6 nitrogen and oxygen atoms in total. The Balaban J connectivity index is 1.38. The van der Waals surface area contributed by atoms with Crippen LogP contribution >= 0.6 is 11.3 Å². The van der Waals surface area contributed by atoms with Gasteiger partial charge in [0.1, 0.15) is 4.88 Å². The molecule has 0 aliphatic carbocycles. The molecule has 0 radical (unpaired) electrons. The van der Waals surface area contributed by atoms with Crippen molar-refractivity contribution in [1.29, 1.82) is 0 Å². The third kappa shape index (κ3) is 3.19. The molecule has 0 unspecified atom stereocenters. The Labute approximate surface area is 149 Å². The summed E-state index contributed by atoms with van der Waals surface area (Å²) in [7, 11) is 0. The normalized spacial score (nSPS) is 14.6. The molecule has 1 aliphatic rings. The maximum atomic E-state index is 12.5. The molecular formula is C18H18N4O2S. The highest BCUT2D eigenvalue weighted by Gasteiger charge is 2.37. The van der Waals surface area contributed by atoms with Crippen LogP contribution in [0.1, 0.15) is 43.6 Å². The van der Waals surface area contributed by atoms with E-state index in [0.717, 1.165) is 21.1 Å². The quantitative estimate of drug-likeness (QED) is 0.720. The van der Waals surface area contributed by atoms with Crippen LogP contribution < -0.4 is 0 Å². The lowest BCUT2D eigenvalue weighted by Gasteiger charge is -2.36. The highest BCUT2D eigenvalue weighted by Crippen LogP contribution is 2.29. The van der Waals surface area contributed by atoms with Crippen LogP contribution in [0.15, 0.2) is 34.9 Å². The fraction of sp³-hybridized carbons (Fsp3) is 0.333. The molecule has 1 aromatic carbocycles. The maximum absolute atomic E-state index is 12.5. The summed E-state index contributed by atoms with van der Waals surface area (Å²) >= 11 is 1.45. The van der Waals surface area contributed by atoms with E-state index in [1.54, 1.807) is 0 Å². The second-order valence-electron chi connectivity index (χ2n) is 6.27. The van der Waals surface area contributed by atoms with E-state index < -0.39 is 0 Å². The van der Waals surface area contributed by atoms with Crippen LogP contribution in [0.5, 0.6) is 0 Å². The van der Waals surface area contributed by atoms with Crippen LogP contribution in [0.2, 0.25) is 0 Å². The molecule has 3 heterocycles. The summed E-state index contributed by atoms with van der Waals surface area (Å²) < 4.78 is 5.39. The Hall–Kier alpha value is -2.54. The number of amides is 1. The summed E-state index contributed by atoms with van der Waals surface area (Å²) in [5.41, 5.74) is 1.95. The molecule has 1 fully saturated rings. The van der Waals surface area contributed by atoms with E-state index in [0.29, 0.717) is 31.2 Å². The zero-order valence-electron chi connectivity index (χ0n) is 14.1. The van der Waals surface area contributed by atoms with Crippen LogP contribution in [0.25, 0.3) is 0 Å². The molecule has 0 spiro atoms. The lowest BCUT2D eigenvalue weighted by Crippen LogP contribution is -2.48. The average molecular weight is 354 g/mol. The minimum atomic E-state index is 0.0448. The SMILES string of the molecule is Cc1nc(C)c(C(=O)N2CC(c3nc(Cc4ccccc4)no3)C2)s1. The van der Waals surface area contributed by atoms with Crippen molar-refractivity contribution in [3.63, 3.8) is 0 Å². The van der Waals surface area contributed by atoms with Crippen molar-refractivity contribution in [2.45, 2.75) is 26.2 Å². The van der Waals surface area contributed by atoms with E-state index >= 15 is 0 Å². The van der Waals surface area contributed by atoms with Gasteiger partial charge < -0.3 is 9.42 Å². The third-order valence-electron chi connectivity index (χ3n) is 4.30. The number of nitrogens with zero attached hydrogens (tertiary/aromatic N) is 4. The van der Waals surface area contributed by atoms with Gasteiger partial charge in [0.15, 0.2) is 5.82 Å². The summed E-state index contributed by atoms with van der Waals surface area (Å²) in [5.74, 6) is 1.46. The molecule has 0 bridgehead atoms. The summed E-state index contributed by atoms with van der Waals surface area (Å²) in [5, 5.41) is 4.98. The van der Waals surface area contributed by atoms with E-state index in [2.05, 4.69) is 15.1 Å². The number of rotatable bonds is 4. The highest BCUT2D eigenvalue weighted by atomic mass is 32.1. The molecule has 1 amide bonds. The number of hydrogen-bond donors (Lipinski definition) is 0. The number of carbonyl (C=O) groups excluding carboxylic acids is 1. The minimum Gasteiger partial charge on any atom is -0.339 e. The van der Waals surface area contributed by atoms with Crippen molar-refractivity contribution in [3.05, 3.63) is 63.2 Å². The Bertz CT molecular complexity index is 897. The van der Waals surface area contributed by atoms with Crippen molar-refractivity contribution in [1.82, 2.24) is 20.0 Å². The van der Waals surface area contributed by atoms with Crippen LogP contribution in [0.3, 0.4) is 0 Å². The van der Waals surface area contributed by atoms with Gasteiger partial charge in [-0.2, -0.15) is 4.98 Å². The zero-order chi connectivity index (χ0) is 17.4. The Morgan fingerprint density at radius 3 is 2.68 bits per heavy atom. The molecule has 2 aromatic heterocycles. The summed E-state index contributed by atoms with van der Waals surface area (Å²) in [4.78, 5) is 23.9. The smallest absolute Gasteiger partial charge is 0.265 e. The monoisotopic (exact) mass is 354 g/mol. The van der Waals surface area contributed by atoms with Crippen molar-refractivity contribution in [3.8, 4) is 0 Å². The summed E-state index contributed by atoms with van der Waals surface area (Å²) in [6.07, 6.45) is 0.652. The van der Waals surface area contributed by atoms with Gasteiger partial charge in [0.25, 0.3) is 5.91 Å². The van der Waals surface area contributed by atoms with Gasteiger partial charge in [0, 0.05) is 19.5 Å². The van der Waals surface area contributed by atoms with Gasteiger partial charge in [-0.25, -0.2) is 4.98 Å². The number of aromatic nitrogens is 3. The first-order valence-corrected chi connectivity index (χ1v) is 9.01. The first-order valence-electron chi connectivity index (χ1n) is 8.20. The first kappa shape index (κ1) is 16.0. The van der Waals surface area contributed by atoms with Gasteiger partial charge in [-0.3, -0.25) is 4.79 Å². The predicted octanol–water partition coefficient (Wildman–Crippen LogP) is 2.97. The van der Waals surface area contributed by atoms with E-state index in [1.165, 1.54) is 11.3 Å². The van der Waals surface area contributed by atoms with Crippen molar-refractivity contribution in [2.75, 3.05) is 13.1 Å². The molecule has 3 aromatic rings. The topological polar surface area (TPSA) is 72.1 Å². The van der Waals surface area contributed by atoms with Crippen molar-refractivity contribution >= 4 is 17.2 Å². The van der Waals surface area contributed by atoms with E-state index in [1.807, 2.05) is 49.1 Å². The lowest BCUT2D eigenvalue weighted by molar-refractivity contribution is 0.0573. The number of likely N-dealkylation sites (tertiary alicyclic amines) is 1. The Kier molecular flexibility index (Phi) is 4.09. The molecule has 1 aliphatic heterocycles. The van der Waals surface area contributed by atoms with Gasteiger partial charge in [-0.1, -0.05) is 35.5 Å². The summed E-state index contributed by atoms with van der Waals surface area (Å²) in [6, 6.07) is 10.1. The fourth-order valence-electron chi connectivity index (χ4n) is 2.96. The van der Waals surface area contributed by atoms with E-state index in [-0.39, 0.29) is 11.8 Å². The molecule has 7 heteroatoms. The number of carbonyl (C=O) groups is 1. The number of aryl methyl sites for hydroxylation is 2. The van der Waals surface area contributed by atoms with Crippen LogP contribution in [-0.2, 0) is 6.42 Å². The second kappa shape index (κ2) is 6.40. The minimum absolute atomic E-state index is 0.0448. The van der Waals surface area contributed by atoms with Gasteiger partial charge in [0.2, 0.25) is 5.89 Å². The molecule has 4 rings (SSSR count). The van der Waals surface area contributed by atoms with Crippen LogP contribution in [-0.4, -0.2) is 39.0 Å². The summed E-state index contributed by atoms with van der Waals surface area (Å²) in [6.45, 7) is 5.02. The maximum Gasteiger partial charge on any atom is 0.265 e. The number of thiazole rings is 1. The van der Waals surface area contributed by atoms with Gasteiger partial charge >= 0.3 is 0 Å². The molecule has 0 saturated carbocycles. The van der Waals surface area contributed by atoms with E-state index in [9.17, 15) is 4.79 Å². The number of hydrogen-bond acceptors (Lipinski definition) is 6. The Morgan fingerprint density at radius 1 is 1.24 bits per heavy atom. The molecule has 1 saturated heterocycles. The van der Waals surface area contributed by atoms with Gasteiger partial charge in [-0.15, -0.1) is 11.3 Å². The first-order chi connectivity index (χ1) is 12.1. The molecule has 128 valence electrons. The Morgan fingerprint density at radius 2 is 2.00 bits per heavy atom. The van der Waals surface area contributed by atoms with E-state index in [4.69, 9.17) is 4.52 Å². The second-order valence-corrected chi connectivity index (χ2v) is 7.47. The van der Waals surface area contributed by atoms with Crippen molar-refractivity contribution in [2.24, 2.45) is 0 Å². The van der Waals surface area contributed by atoms with Crippen molar-refractivity contribution < 1.29 is 9.32 Å². The largest absolute Gasteiger partial charge is 0.339 e. The average Bonchev–Trinajstić information content (AvgIpc) is 3.13. The molecule has 0 N–H and O–H groups in total. The van der Waals surface area contributed by atoms with Gasteiger partial charge in [0.05, 0.1) is 16.6 Å². The fourth-order valence-corrected chi connectivity index (χ4v) is 3.85. The molecule has 25 heavy (non-hydrogen) atoms. The molecular weight excluding hydrogens is 336 g/mol. The van der Waals surface area contributed by atoms with Crippen LogP contribution in [0, 0.1) is 13.8 Å². The van der Waals surface area contributed by atoms with Gasteiger partial charge in [-0.05, 0) is 19.4 Å².